The SMILES string of the molecule is CCCCc1ccc(NC(=O)c2ccc(OCC)c(COc3ccccc3C(C)C)c2)cc1. The second-order valence-corrected chi connectivity index (χ2v) is 8.49. The number of nitrogens with one attached hydrogen (secondary N) is 1. The molecule has 1 amide bonds. The molecule has 0 spiro atoms. The number of amides is 1. The molecular weight excluding hydrogens is 410 g/mol. The Morgan fingerprint density at radius 1 is 0.909 bits per heavy atom. The first-order valence-electron chi connectivity index (χ1n) is 11.9. The Hall–Kier alpha value is -3.27. The van der Waals surface area contributed by atoms with Crippen molar-refractivity contribution in [3.63, 3.8) is 0 Å². The first-order valence-corrected chi connectivity index (χ1v) is 11.9. The molecule has 0 aliphatic heterocycles. The van der Waals surface area contributed by atoms with Crippen LogP contribution in [0.2, 0.25) is 0 Å². The summed E-state index contributed by atoms with van der Waals surface area (Å²) in [7, 11) is 0. The minimum atomic E-state index is -0.150. The molecule has 0 radical (unpaired) electrons. The highest BCUT2D eigenvalue weighted by Crippen LogP contribution is 2.28. The molecule has 4 heteroatoms. The highest BCUT2D eigenvalue weighted by molar-refractivity contribution is 6.04. The van der Waals surface area contributed by atoms with Gasteiger partial charge in [0.05, 0.1) is 6.61 Å². The smallest absolute Gasteiger partial charge is 0.255 e. The molecule has 3 rings (SSSR count). The van der Waals surface area contributed by atoms with E-state index in [-0.39, 0.29) is 5.91 Å². The highest BCUT2D eigenvalue weighted by Gasteiger charge is 2.13. The monoisotopic (exact) mass is 445 g/mol. The molecule has 0 aromatic heterocycles. The first kappa shape index (κ1) is 24.4. The number of carbonyl (C=O) groups is 1. The third-order valence-electron chi connectivity index (χ3n) is 5.58. The second-order valence-electron chi connectivity index (χ2n) is 8.49. The van der Waals surface area contributed by atoms with Crippen LogP contribution >= 0.6 is 0 Å². The third-order valence-corrected chi connectivity index (χ3v) is 5.58. The van der Waals surface area contributed by atoms with Crippen LogP contribution in [0, 0.1) is 0 Å². The summed E-state index contributed by atoms with van der Waals surface area (Å²) in [6.07, 6.45) is 3.41. The van der Waals surface area contributed by atoms with Gasteiger partial charge in [0.1, 0.15) is 18.1 Å². The summed E-state index contributed by atoms with van der Waals surface area (Å²) in [4.78, 5) is 12.9. The summed E-state index contributed by atoms with van der Waals surface area (Å²) in [6, 6.07) is 21.6. The number of ether oxygens (including phenoxy) is 2. The lowest BCUT2D eigenvalue weighted by Crippen LogP contribution is -2.13. The van der Waals surface area contributed by atoms with E-state index in [1.807, 2.05) is 49.4 Å². The fourth-order valence-electron chi connectivity index (χ4n) is 3.71. The van der Waals surface area contributed by atoms with Gasteiger partial charge in [-0.1, -0.05) is 57.5 Å². The molecule has 0 saturated heterocycles. The van der Waals surface area contributed by atoms with Gasteiger partial charge in [-0.3, -0.25) is 4.79 Å². The lowest BCUT2D eigenvalue weighted by Gasteiger charge is -2.16. The normalized spacial score (nSPS) is 10.8. The lowest BCUT2D eigenvalue weighted by molar-refractivity contribution is 0.102. The number of anilines is 1. The zero-order chi connectivity index (χ0) is 23.6. The number of rotatable bonds is 11. The third kappa shape index (κ3) is 6.85. The van der Waals surface area contributed by atoms with E-state index in [4.69, 9.17) is 9.47 Å². The predicted octanol–water partition coefficient (Wildman–Crippen LogP) is 7.38. The minimum Gasteiger partial charge on any atom is -0.493 e. The lowest BCUT2D eigenvalue weighted by atomic mass is 10.0. The Morgan fingerprint density at radius 3 is 2.36 bits per heavy atom. The molecule has 0 unspecified atom stereocenters. The van der Waals surface area contributed by atoms with Crippen molar-refractivity contribution in [3.05, 3.63) is 89.0 Å². The number of aryl methyl sites for hydroxylation is 1. The van der Waals surface area contributed by atoms with Crippen LogP contribution in [-0.2, 0) is 13.0 Å². The van der Waals surface area contributed by atoms with Crippen molar-refractivity contribution in [1.29, 1.82) is 0 Å². The number of hydrogen-bond acceptors (Lipinski definition) is 3. The Morgan fingerprint density at radius 2 is 1.67 bits per heavy atom. The number of carbonyl (C=O) groups excluding carboxylic acids is 1. The van der Waals surface area contributed by atoms with Crippen molar-refractivity contribution >= 4 is 11.6 Å². The van der Waals surface area contributed by atoms with Crippen molar-refractivity contribution in [3.8, 4) is 11.5 Å². The van der Waals surface area contributed by atoms with Gasteiger partial charge in [0.2, 0.25) is 0 Å². The van der Waals surface area contributed by atoms with Crippen LogP contribution < -0.4 is 14.8 Å². The van der Waals surface area contributed by atoms with Crippen molar-refractivity contribution < 1.29 is 14.3 Å². The molecule has 3 aromatic rings. The van der Waals surface area contributed by atoms with E-state index in [0.717, 1.165) is 34.7 Å². The maximum Gasteiger partial charge on any atom is 0.255 e. The summed E-state index contributed by atoms with van der Waals surface area (Å²) in [5.41, 5.74) is 4.66. The van der Waals surface area contributed by atoms with E-state index in [9.17, 15) is 4.79 Å². The molecular formula is C29H35NO3. The van der Waals surface area contributed by atoms with E-state index < -0.39 is 0 Å². The number of unbranched alkanes of at least 4 members (excludes halogenated alkanes) is 1. The van der Waals surface area contributed by atoms with Gasteiger partial charge in [0.25, 0.3) is 5.91 Å². The van der Waals surface area contributed by atoms with E-state index >= 15 is 0 Å². The van der Waals surface area contributed by atoms with Crippen LogP contribution in [-0.4, -0.2) is 12.5 Å². The van der Waals surface area contributed by atoms with E-state index in [2.05, 4.69) is 44.3 Å². The van der Waals surface area contributed by atoms with Gasteiger partial charge >= 0.3 is 0 Å². The summed E-state index contributed by atoms with van der Waals surface area (Å²) >= 11 is 0. The molecule has 0 heterocycles. The van der Waals surface area contributed by atoms with Crippen molar-refractivity contribution in [1.82, 2.24) is 0 Å². The second kappa shape index (κ2) is 12.1. The summed E-state index contributed by atoms with van der Waals surface area (Å²) in [6.45, 7) is 9.30. The molecule has 0 aliphatic rings. The molecule has 0 aliphatic carbocycles. The molecule has 174 valence electrons. The minimum absolute atomic E-state index is 0.150. The molecule has 33 heavy (non-hydrogen) atoms. The zero-order valence-electron chi connectivity index (χ0n) is 20.2. The molecule has 3 aromatic carbocycles. The largest absolute Gasteiger partial charge is 0.493 e. The molecule has 0 fully saturated rings. The maximum atomic E-state index is 12.9. The van der Waals surface area contributed by atoms with Gasteiger partial charge in [-0.25, -0.2) is 0 Å². The number of para-hydroxylation sites is 1. The Bertz CT molecular complexity index is 1040. The van der Waals surface area contributed by atoms with Crippen molar-refractivity contribution in [2.24, 2.45) is 0 Å². The first-order chi connectivity index (χ1) is 16.0. The van der Waals surface area contributed by atoms with Crippen molar-refractivity contribution in [2.75, 3.05) is 11.9 Å². The van der Waals surface area contributed by atoms with Crippen molar-refractivity contribution in [2.45, 2.75) is 59.5 Å². The van der Waals surface area contributed by atoms with E-state index in [1.165, 1.54) is 18.4 Å². The molecule has 0 saturated carbocycles. The molecule has 0 atom stereocenters. The van der Waals surface area contributed by atoms with Crippen LogP contribution in [0.25, 0.3) is 0 Å². The molecule has 4 nitrogen and oxygen atoms in total. The van der Waals surface area contributed by atoms with Gasteiger partial charge in [0.15, 0.2) is 0 Å². The van der Waals surface area contributed by atoms with Crippen LogP contribution in [0.4, 0.5) is 5.69 Å². The maximum absolute atomic E-state index is 12.9. The zero-order valence-corrected chi connectivity index (χ0v) is 20.2. The van der Waals surface area contributed by atoms with Gasteiger partial charge in [0, 0.05) is 16.8 Å². The van der Waals surface area contributed by atoms with Gasteiger partial charge < -0.3 is 14.8 Å². The topological polar surface area (TPSA) is 47.6 Å². The number of benzene rings is 3. The standard InChI is InChI=1S/C29H35NO3/c1-5-7-10-22-13-16-25(17-14-22)30-29(31)23-15-18-27(32-6-2)24(19-23)20-33-28-12-9-8-11-26(28)21(3)4/h8-9,11-19,21H,5-7,10,20H2,1-4H3,(H,30,31). The van der Waals surface area contributed by atoms with Gasteiger partial charge in [-0.2, -0.15) is 0 Å². The van der Waals surface area contributed by atoms with Crippen LogP contribution in [0.1, 0.15) is 73.5 Å². The summed E-state index contributed by atoms with van der Waals surface area (Å²) in [5, 5.41) is 3.00. The van der Waals surface area contributed by atoms with Crippen LogP contribution in [0.15, 0.2) is 66.7 Å². The average molecular weight is 446 g/mol. The fourth-order valence-corrected chi connectivity index (χ4v) is 3.71. The Labute approximate surface area is 197 Å². The van der Waals surface area contributed by atoms with Crippen LogP contribution in [0.5, 0.6) is 11.5 Å². The predicted molar refractivity (Wildman–Crippen MR) is 135 cm³/mol. The average Bonchev–Trinajstić information content (AvgIpc) is 2.83. The molecule has 0 bridgehead atoms. The summed E-state index contributed by atoms with van der Waals surface area (Å²) < 4.78 is 11.9. The summed E-state index contributed by atoms with van der Waals surface area (Å²) in [5.74, 6) is 1.80. The molecule has 1 N–H and O–H groups in total. The Kier molecular flexibility index (Phi) is 8.94. The van der Waals surface area contributed by atoms with E-state index in [1.54, 1.807) is 6.07 Å². The number of hydrogen-bond donors (Lipinski definition) is 1. The van der Waals surface area contributed by atoms with Crippen LogP contribution in [0.3, 0.4) is 0 Å². The quantitative estimate of drug-likeness (QED) is 0.335. The highest BCUT2D eigenvalue weighted by atomic mass is 16.5. The fraction of sp³-hybridized carbons (Fsp3) is 0.345. The Balaban J connectivity index is 1.74. The van der Waals surface area contributed by atoms with Gasteiger partial charge in [-0.15, -0.1) is 0 Å². The van der Waals surface area contributed by atoms with Gasteiger partial charge in [-0.05, 0) is 73.2 Å². The van der Waals surface area contributed by atoms with E-state index in [0.29, 0.717) is 24.7 Å².